The van der Waals surface area contributed by atoms with Gasteiger partial charge in [-0.05, 0) is 47.2 Å². The lowest BCUT2D eigenvalue weighted by molar-refractivity contribution is 0.101. The monoisotopic (exact) mass is 1120 g/mol. The largest absolute Gasteiger partial charge is 0.344 e. The van der Waals surface area contributed by atoms with Gasteiger partial charge in [0.1, 0.15) is 42.4 Å². The number of aromatic nitrogens is 4. The van der Waals surface area contributed by atoms with Crippen LogP contribution in [0, 0.1) is 0 Å². The molecule has 10 N–H and O–H groups in total. The number of hydrogen-bond acceptors (Lipinski definition) is 13. The summed E-state index contributed by atoms with van der Waals surface area (Å²) < 4.78 is 145. The molecule has 31 heteroatoms. The zero-order chi connectivity index (χ0) is 55.6. The van der Waals surface area contributed by atoms with Gasteiger partial charge in [-0.2, -0.15) is 33.7 Å². The van der Waals surface area contributed by atoms with Crippen molar-refractivity contribution in [2.75, 3.05) is 31.9 Å². The number of fused-ring (bicyclic) bond motifs is 2. The average Bonchev–Trinajstić information content (AvgIpc) is 4.09. The van der Waals surface area contributed by atoms with E-state index in [4.69, 9.17) is 0 Å². The summed E-state index contributed by atoms with van der Waals surface area (Å²) in [7, 11) is -15.1. The predicted molar refractivity (Wildman–Crippen MR) is 273 cm³/mol. The first kappa shape index (κ1) is 53.6. The molecule has 8 aromatic rings. The predicted octanol–water partition coefficient (Wildman–Crippen LogP) is 4.99. The number of anilines is 6. The van der Waals surface area contributed by atoms with Crippen LogP contribution in [0.25, 0.3) is 21.5 Å². The van der Waals surface area contributed by atoms with E-state index < -0.39 is 101 Å². The van der Waals surface area contributed by atoms with E-state index in [0.29, 0.717) is 0 Å². The summed E-state index contributed by atoms with van der Waals surface area (Å²) in [5, 5.41) is 14.3. The van der Waals surface area contributed by atoms with Crippen LogP contribution in [0.5, 0.6) is 0 Å². The first-order chi connectivity index (χ1) is 35.4. The third-order valence-corrected chi connectivity index (χ3v) is 15.1. The van der Waals surface area contributed by atoms with Gasteiger partial charge in [0, 0.05) is 63.8 Å². The van der Waals surface area contributed by atoms with Gasteiger partial charge in [0.25, 0.3) is 64.1 Å². The van der Waals surface area contributed by atoms with Crippen LogP contribution in [-0.2, 0) is 68.7 Å². The molecule has 396 valence electrons. The van der Waals surface area contributed by atoms with Crippen molar-refractivity contribution in [3.63, 3.8) is 0 Å². The van der Waals surface area contributed by atoms with E-state index in [1.54, 1.807) is 0 Å². The highest BCUT2D eigenvalue weighted by Crippen LogP contribution is 2.39. The topological polar surface area (TPSA) is 395 Å². The van der Waals surface area contributed by atoms with Gasteiger partial charge in [0.05, 0.1) is 34.1 Å². The molecule has 0 aliphatic carbocycles. The van der Waals surface area contributed by atoms with E-state index >= 15 is 0 Å². The van der Waals surface area contributed by atoms with Crippen LogP contribution in [-0.4, -0.2) is 99.8 Å². The maximum Gasteiger partial charge on any atom is 0.323 e. The number of carbonyl (C=O) groups is 5. The fraction of sp³-hybridized carbons (Fsp3) is 0.0889. The number of amides is 6. The van der Waals surface area contributed by atoms with Crippen molar-refractivity contribution >= 4 is 126 Å². The maximum absolute atomic E-state index is 13.6. The smallest absolute Gasteiger partial charge is 0.323 e. The molecule has 0 aliphatic heterocycles. The number of urea groups is 1. The molecule has 4 aromatic heterocycles. The summed E-state index contributed by atoms with van der Waals surface area (Å²) >= 11 is 0. The molecule has 0 atom stereocenters. The molecule has 0 aliphatic rings. The summed E-state index contributed by atoms with van der Waals surface area (Å²) in [6, 6.07) is 16.8. The second kappa shape index (κ2) is 19.5. The number of nitrogens with zero attached hydrogens (tertiary/aromatic N) is 4. The minimum atomic E-state index is -5.22. The molecule has 0 fully saturated rings. The molecule has 76 heavy (non-hydrogen) atoms. The van der Waals surface area contributed by atoms with Crippen LogP contribution in [0.3, 0.4) is 0 Å². The summed E-state index contributed by atoms with van der Waals surface area (Å²) in [6.45, 7) is 0. The molecular weight excluding hydrogens is 1080 g/mol. The van der Waals surface area contributed by atoms with Crippen LogP contribution in [0.4, 0.5) is 38.9 Å². The van der Waals surface area contributed by atoms with Gasteiger partial charge < -0.3 is 50.2 Å². The van der Waals surface area contributed by atoms with E-state index in [2.05, 4.69) is 31.9 Å². The van der Waals surface area contributed by atoms with E-state index in [-0.39, 0.29) is 67.1 Å². The summed E-state index contributed by atoms with van der Waals surface area (Å²) in [5.74, 6) is -3.69. The molecule has 4 aromatic carbocycles. The zero-order valence-electron chi connectivity index (χ0n) is 39.4. The van der Waals surface area contributed by atoms with Crippen LogP contribution in [0.1, 0.15) is 42.0 Å². The highest BCUT2D eigenvalue weighted by molar-refractivity contribution is 7.87. The summed E-state index contributed by atoms with van der Waals surface area (Å²) in [6.07, 6.45) is 5.38. The van der Waals surface area contributed by atoms with Gasteiger partial charge >= 0.3 is 6.03 Å². The van der Waals surface area contributed by atoms with Gasteiger partial charge in [-0.25, -0.2) is 4.79 Å². The maximum atomic E-state index is 13.6. The lowest BCUT2D eigenvalue weighted by Crippen LogP contribution is -2.20. The molecule has 0 radical (unpaired) electrons. The van der Waals surface area contributed by atoms with Gasteiger partial charge in [0.15, 0.2) is 0 Å². The molecule has 0 spiro atoms. The molecule has 0 saturated heterocycles. The Bertz CT molecular complexity index is 4020. The molecule has 0 bridgehead atoms. The van der Waals surface area contributed by atoms with Crippen molar-refractivity contribution in [3.8, 4) is 0 Å². The second-order valence-corrected chi connectivity index (χ2v) is 22.3. The van der Waals surface area contributed by atoms with E-state index in [1.165, 1.54) is 144 Å². The standard InChI is InChI=1S/C45H40N10O17S4/c1-52-19-25(15-33(52)43(58)50-37-35(73(61,62)63)13-23-9-5-7-11-29(23)39(37)75(67,68)69)46-41(56)31-17-27(21-54(31)3)48-45(60)49-28-18-32(55(4)22-28)42(57)47-26-16-34(53(2)20-26)44(59)51-38-36(74(64,65)66)14-24-10-6-8-12-30(24)40(38)76(70,71)72/h5-22H,1-4H3,(H,46,56)(H,47,57)(H,50,58)(H,51,59)(H2,48,49,60)(H,61,62,63)(H,64,65,66)(H,67,68,69)(H,70,71,72). The minimum Gasteiger partial charge on any atom is -0.344 e. The van der Waals surface area contributed by atoms with Crippen LogP contribution < -0.4 is 31.9 Å². The first-order valence-corrected chi connectivity index (χ1v) is 27.2. The SMILES string of the molecule is Cn1cc(NC(=O)Nc2cc(C(=O)Nc3cc(C(=O)Nc4c(S(=O)(=O)O)cc5ccccc5c4S(=O)(=O)O)n(C)c3)n(C)c2)cc1C(=O)Nc1cc(C(=O)Nc2c(S(=O)(=O)O)cc3ccccc3c2S(=O)(=O)O)n(C)c1. The fourth-order valence-electron chi connectivity index (χ4n) is 8.23. The van der Waals surface area contributed by atoms with E-state index in [1.807, 2.05) is 0 Å². The number of nitrogens with one attached hydrogen (secondary N) is 6. The van der Waals surface area contributed by atoms with Crippen molar-refractivity contribution in [1.29, 1.82) is 0 Å². The molecule has 0 unspecified atom stereocenters. The highest BCUT2D eigenvalue weighted by atomic mass is 32.2. The third-order valence-electron chi connectivity index (χ3n) is 11.5. The van der Waals surface area contributed by atoms with Crippen molar-refractivity contribution in [3.05, 3.63) is 132 Å². The molecule has 6 amide bonds. The quantitative estimate of drug-likeness (QED) is 0.0641. The van der Waals surface area contributed by atoms with Gasteiger partial charge in [-0.3, -0.25) is 37.4 Å². The Kier molecular flexibility index (Phi) is 13.8. The normalized spacial score (nSPS) is 12.1. The molecule has 4 heterocycles. The number of rotatable bonds is 14. The minimum absolute atomic E-state index is 0.00222. The molecule has 0 saturated carbocycles. The molecule has 27 nitrogen and oxygen atoms in total. The van der Waals surface area contributed by atoms with Crippen molar-refractivity contribution < 1.29 is 75.9 Å². The Hall–Kier alpha value is -8.69. The number of hydrogen-bond donors (Lipinski definition) is 10. The Morgan fingerprint density at radius 1 is 0.382 bits per heavy atom. The number of benzene rings is 4. The summed E-state index contributed by atoms with van der Waals surface area (Å²) in [5.41, 5.74) is -2.04. The Morgan fingerprint density at radius 2 is 0.658 bits per heavy atom. The Balaban J connectivity index is 0.916. The van der Waals surface area contributed by atoms with Gasteiger partial charge in [0.2, 0.25) is 0 Å². The Morgan fingerprint density at radius 3 is 0.947 bits per heavy atom. The molecule has 8 rings (SSSR count). The van der Waals surface area contributed by atoms with Crippen molar-refractivity contribution in [2.24, 2.45) is 28.2 Å². The van der Waals surface area contributed by atoms with Crippen LogP contribution >= 0.6 is 0 Å². The van der Waals surface area contributed by atoms with E-state index in [9.17, 15) is 75.9 Å². The lowest BCUT2D eigenvalue weighted by atomic mass is 10.1. The summed E-state index contributed by atoms with van der Waals surface area (Å²) in [4.78, 5) is 63.1. The van der Waals surface area contributed by atoms with Crippen LogP contribution in [0.2, 0.25) is 0 Å². The van der Waals surface area contributed by atoms with Crippen LogP contribution in [0.15, 0.2) is 129 Å². The van der Waals surface area contributed by atoms with Crippen molar-refractivity contribution in [1.82, 2.24) is 18.3 Å². The van der Waals surface area contributed by atoms with Gasteiger partial charge in [-0.1, -0.05) is 48.5 Å². The third kappa shape index (κ3) is 10.9. The highest BCUT2D eigenvalue weighted by Gasteiger charge is 2.32. The molecular formula is C45H40N10O17S4. The lowest BCUT2D eigenvalue weighted by Gasteiger charge is -2.16. The number of carbonyl (C=O) groups excluding carboxylic acids is 5. The van der Waals surface area contributed by atoms with Gasteiger partial charge in [-0.15, -0.1) is 0 Å². The second-order valence-electron chi connectivity index (χ2n) is 16.8. The Labute approximate surface area is 430 Å². The van der Waals surface area contributed by atoms with E-state index in [0.717, 1.165) is 12.1 Å². The fourth-order valence-corrected chi connectivity index (χ4v) is 11.5. The number of aryl methyl sites for hydroxylation is 4. The zero-order valence-corrected chi connectivity index (χ0v) is 42.7. The van der Waals surface area contributed by atoms with Crippen molar-refractivity contribution in [2.45, 2.75) is 19.6 Å². The first-order valence-electron chi connectivity index (χ1n) is 21.4. The average molecular weight is 1120 g/mol.